The predicted octanol–water partition coefficient (Wildman–Crippen LogP) is 2.58. The smallest absolute Gasteiger partial charge is 0.372 e. The van der Waals surface area contributed by atoms with E-state index in [2.05, 4.69) is 15.3 Å². The summed E-state index contributed by atoms with van der Waals surface area (Å²) < 4.78 is 10.0. The number of nitrogens with zero attached hydrogens (tertiary/aromatic N) is 3. The summed E-state index contributed by atoms with van der Waals surface area (Å²) in [6.45, 7) is 1.88. The summed E-state index contributed by atoms with van der Waals surface area (Å²) in [7, 11) is 2.92. The van der Waals surface area contributed by atoms with E-state index in [-0.39, 0.29) is 23.4 Å². The fourth-order valence-electron chi connectivity index (χ4n) is 1.96. The first-order valence-electron chi connectivity index (χ1n) is 6.50. The molecule has 1 unspecified atom stereocenters. The summed E-state index contributed by atoms with van der Waals surface area (Å²) >= 11 is 0. The third-order valence-electron chi connectivity index (χ3n) is 3.13. The first-order valence-corrected chi connectivity index (χ1v) is 6.50. The molecule has 0 amide bonds. The molecule has 0 radical (unpaired) electrons. The second-order valence-corrected chi connectivity index (χ2v) is 4.48. The molecule has 2 rings (SSSR count). The summed E-state index contributed by atoms with van der Waals surface area (Å²) in [5, 5.41) is 14.2. The Labute approximate surface area is 127 Å². The first-order chi connectivity index (χ1) is 10.6. The average molecular weight is 304 g/mol. The van der Waals surface area contributed by atoms with Gasteiger partial charge in [0, 0.05) is 0 Å². The van der Waals surface area contributed by atoms with E-state index in [0.717, 1.165) is 11.3 Å². The molecule has 0 aliphatic heterocycles. The highest BCUT2D eigenvalue weighted by Gasteiger charge is 2.25. The fourth-order valence-corrected chi connectivity index (χ4v) is 1.96. The minimum absolute atomic E-state index is 0.0792. The maximum Gasteiger partial charge on any atom is 0.372 e. The molecule has 1 heterocycles. The van der Waals surface area contributed by atoms with E-state index < -0.39 is 4.92 Å². The summed E-state index contributed by atoms with van der Waals surface area (Å²) in [6.07, 6.45) is 1.22. The Bertz CT molecular complexity index is 660. The van der Waals surface area contributed by atoms with Crippen molar-refractivity contribution in [2.45, 2.75) is 13.0 Å². The lowest BCUT2D eigenvalue weighted by Gasteiger charge is -2.15. The second-order valence-electron chi connectivity index (χ2n) is 4.48. The molecule has 0 bridgehead atoms. The van der Waals surface area contributed by atoms with E-state index in [4.69, 9.17) is 9.47 Å². The van der Waals surface area contributed by atoms with Gasteiger partial charge >= 0.3 is 5.69 Å². The van der Waals surface area contributed by atoms with Crippen LogP contribution in [0.3, 0.4) is 0 Å². The van der Waals surface area contributed by atoms with Crippen molar-refractivity contribution in [2.24, 2.45) is 0 Å². The Kier molecular flexibility index (Phi) is 4.72. The van der Waals surface area contributed by atoms with Crippen molar-refractivity contribution in [1.82, 2.24) is 9.97 Å². The van der Waals surface area contributed by atoms with Gasteiger partial charge in [-0.25, -0.2) is 4.98 Å². The number of nitro groups is 1. The van der Waals surface area contributed by atoms with Crippen LogP contribution in [0.5, 0.6) is 11.6 Å². The molecule has 22 heavy (non-hydrogen) atoms. The molecule has 0 saturated carbocycles. The van der Waals surface area contributed by atoms with Crippen molar-refractivity contribution in [3.05, 3.63) is 46.3 Å². The number of hydrogen-bond acceptors (Lipinski definition) is 7. The molecule has 0 spiro atoms. The van der Waals surface area contributed by atoms with Gasteiger partial charge in [0.15, 0.2) is 0 Å². The molecule has 1 N–H and O–H groups in total. The number of benzene rings is 1. The van der Waals surface area contributed by atoms with Gasteiger partial charge in [-0.05, 0) is 24.6 Å². The zero-order chi connectivity index (χ0) is 16.1. The van der Waals surface area contributed by atoms with Crippen LogP contribution in [-0.4, -0.2) is 29.1 Å². The highest BCUT2D eigenvalue weighted by molar-refractivity contribution is 5.61. The quantitative estimate of drug-likeness (QED) is 0.646. The zero-order valence-corrected chi connectivity index (χ0v) is 12.4. The third kappa shape index (κ3) is 3.22. The van der Waals surface area contributed by atoms with Crippen molar-refractivity contribution < 1.29 is 14.4 Å². The number of hydrogen-bond donors (Lipinski definition) is 1. The molecule has 0 fully saturated rings. The Morgan fingerprint density at radius 1 is 1.18 bits per heavy atom. The van der Waals surface area contributed by atoms with Crippen molar-refractivity contribution in [3.8, 4) is 11.6 Å². The van der Waals surface area contributed by atoms with Crippen LogP contribution in [0.1, 0.15) is 18.5 Å². The SMILES string of the molecule is COc1ccc(C(C)Nc2ncnc(OC)c2[N+](=O)[O-])cc1. The van der Waals surface area contributed by atoms with E-state index in [0.29, 0.717) is 0 Å². The first kappa shape index (κ1) is 15.5. The van der Waals surface area contributed by atoms with Gasteiger partial charge in [-0.15, -0.1) is 0 Å². The molecule has 0 aliphatic carbocycles. The Balaban J connectivity index is 2.27. The van der Waals surface area contributed by atoms with Gasteiger partial charge in [0.05, 0.1) is 25.2 Å². The minimum Gasteiger partial charge on any atom is -0.497 e. The van der Waals surface area contributed by atoms with Gasteiger partial charge in [0.1, 0.15) is 12.1 Å². The molecular formula is C14H16N4O4. The van der Waals surface area contributed by atoms with Crippen LogP contribution in [0, 0.1) is 10.1 Å². The number of rotatable bonds is 6. The number of methoxy groups -OCH3 is 2. The van der Waals surface area contributed by atoms with Crippen LogP contribution in [0.2, 0.25) is 0 Å². The van der Waals surface area contributed by atoms with Crippen molar-refractivity contribution in [1.29, 1.82) is 0 Å². The lowest BCUT2D eigenvalue weighted by molar-refractivity contribution is -0.385. The topological polar surface area (TPSA) is 99.4 Å². The molecule has 8 nitrogen and oxygen atoms in total. The van der Waals surface area contributed by atoms with Crippen LogP contribution in [0.15, 0.2) is 30.6 Å². The molecule has 2 aromatic rings. The third-order valence-corrected chi connectivity index (χ3v) is 3.13. The summed E-state index contributed by atoms with van der Waals surface area (Å²) in [5.74, 6) is 0.773. The van der Waals surface area contributed by atoms with Gasteiger partial charge in [-0.2, -0.15) is 4.98 Å². The van der Waals surface area contributed by atoms with Crippen LogP contribution < -0.4 is 14.8 Å². The molecule has 0 saturated heterocycles. The summed E-state index contributed by atoms with van der Waals surface area (Å²) in [4.78, 5) is 18.3. The van der Waals surface area contributed by atoms with Gasteiger partial charge in [0.2, 0.25) is 5.82 Å². The minimum atomic E-state index is -0.568. The van der Waals surface area contributed by atoms with Gasteiger partial charge < -0.3 is 14.8 Å². The Hall–Kier alpha value is -2.90. The zero-order valence-electron chi connectivity index (χ0n) is 12.4. The largest absolute Gasteiger partial charge is 0.497 e. The van der Waals surface area contributed by atoms with E-state index >= 15 is 0 Å². The van der Waals surface area contributed by atoms with Crippen LogP contribution >= 0.6 is 0 Å². The number of anilines is 1. The number of aromatic nitrogens is 2. The van der Waals surface area contributed by atoms with Crippen molar-refractivity contribution >= 4 is 11.5 Å². The molecular weight excluding hydrogens is 288 g/mol. The standard InChI is InChI=1S/C14H16N4O4/c1-9(10-4-6-11(21-2)7-5-10)17-13-12(18(19)20)14(22-3)16-8-15-13/h4-9H,1-3H3,(H,15,16,17). The van der Waals surface area contributed by atoms with E-state index in [9.17, 15) is 10.1 Å². The highest BCUT2D eigenvalue weighted by Crippen LogP contribution is 2.32. The maximum atomic E-state index is 11.2. The van der Waals surface area contributed by atoms with Crippen molar-refractivity contribution in [2.75, 3.05) is 19.5 Å². The molecule has 116 valence electrons. The van der Waals surface area contributed by atoms with Crippen LogP contribution in [0.4, 0.5) is 11.5 Å². The fraction of sp³-hybridized carbons (Fsp3) is 0.286. The Morgan fingerprint density at radius 2 is 1.86 bits per heavy atom. The van der Waals surface area contributed by atoms with E-state index in [1.54, 1.807) is 7.11 Å². The molecule has 0 aliphatic rings. The highest BCUT2D eigenvalue weighted by atomic mass is 16.6. The van der Waals surface area contributed by atoms with Gasteiger partial charge in [-0.3, -0.25) is 10.1 Å². The summed E-state index contributed by atoms with van der Waals surface area (Å²) in [6, 6.07) is 7.20. The van der Waals surface area contributed by atoms with E-state index in [1.807, 2.05) is 31.2 Å². The molecule has 8 heteroatoms. The van der Waals surface area contributed by atoms with E-state index in [1.165, 1.54) is 13.4 Å². The van der Waals surface area contributed by atoms with Crippen molar-refractivity contribution in [3.63, 3.8) is 0 Å². The molecule has 1 atom stereocenters. The Morgan fingerprint density at radius 3 is 2.41 bits per heavy atom. The number of ether oxygens (including phenoxy) is 2. The summed E-state index contributed by atoms with van der Waals surface area (Å²) in [5.41, 5.74) is 0.651. The van der Waals surface area contributed by atoms with Gasteiger partial charge in [0.25, 0.3) is 5.88 Å². The normalized spacial score (nSPS) is 11.6. The lowest BCUT2D eigenvalue weighted by atomic mass is 10.1. The predicted molar refractivity (Wildman–Crippen MR) is 80.3 cm³/mol. The molecule has 1 aromatic heterocycles. The number of nitrogens with one attached hydrogen (secondary N) is 1. The van der Waals surface area contributed by atoms with Crippen LogP contribution in [-0.2, 0) is 0 Å². The van der Waals surface area contributed by atoms with Crippen LogP contribution in [0.25, 0.3) is 0 Å². The monoisotopic (exact) mass is 304 g/mol. The van der Waals surface area contributed by atoms with Gasteiger partial charge in [-0.1, -0.05) is 12.1 Å². The average Bonchev–Trinajstić information content (AvgIpc) is 2.54. The lowest BCUT2D eigenvalue weighted by Crippen LogP contribution is -2.11. The second kappa shape index (κ2) is 6.70. The molecule has 1 aromatic carbocycles. The maximum absolute atomic E-state index is 11.2.